The Hall–Kier alpha value is -3.61. The Bertz CT molecular complexity index is 924. The number of fused-ring (bicyclic) bond motifs is 1. The minimum Gasteiger partial charge on any atom is -0.469 e. The molecule has 0 bridgehead atoms. The van der Waals surface area contributed by atoms with Crippen LogP contribution in [0.1, 0.15) is 6.42 Å². The summed E-state index contributed by atoms with van der Waals surface area (Å²) in [5, 5.41) is 3.09. The number of amides is 2. The highest BCUT2D eigenvalue weighted by Crippen LogP contribution is 2.30. The van der Waals surface area contributed by atoms with E-state index in [9.17, 15) is 14.4 Å². The number of carbonyl (C=O) groups is 3. The van der Waals surface area contributed by atoms with Crippen molar-refractivity contribution in [1.29, 1.82) is 0 Å². The number of anilines is 3. The fourth-order valence-corrected chi connectivity index (χ4v) is 2.89. The predicted molar refractivity (Wildman–Crippen MR) is 107 cm³/mol. The van der Waals surface area contributed by atoms with Crippen LogP contribution in [0.25, 0.3) is 0 Å². The number of benzene rings is 2. The molecule has 0 aromatic heterocycles. The topological polar surface area (TPSA) is 79.0 Å². The summed E-state index contributed by atoms with van der Waals surface area (Å²) >= 11 is 0. The first-order chi connectivity index (χ1) is 13.5. The molecule has 2 aromatic rings. The van der Waals surface area contributed by atoms with Crippen molar-refractivity contribution in [3.8, 4) is 0 Å². The third-order valence-electron chi connectivity index (χ3n) is 4.43. The van der Waals surface area contributed by atoms with Crippen LogP contribution in [0.3, 0.4) is 0 Å². The van der Waals surface area contributed by atoms with Gasteiger partial charge >= 0.3 is 5.97 Å². The first kappa shape index (κ1) is 19.2. The van der Waals surface area contributed by atoms with E-state index >= 15 is 0 Å². The summed E-state index contributed by atoms with van der Waals surface area (Å²) < 4.78 is 4.68. The molecule has 0 radical (unpaired) electrons. The molecule has 0 saturated heterocycles. The molecule has 1 N–H and O–H groups in total. The number of likely N-dealkylation sites (N-methyl/N-ethyl adjacent to an activating group) is 1. The summed E-state index contributed by atoms with van der Waals surface area (Å²) in [5.74, 6) is -1.08. The average molecular weight is 379 g/mol. The van der Waals surface area contributed by atoms with Gasteiger partial charge in [0.15, 0.2) is 0 Å². The second-order valence-corrected chi connectivity index (χ2v) is 6.28. The molecule has 7 heteroatoms. The highest BCUT2D eigenvalue weighted by Gasteiger charge is 2.26. The molecule has 0 spiro atoms. The van der Waals surface area contributed by atoms with Crippen LogP contribution in [0.4, 0.5) is 17.1 Å². The number of nitrogens with zero attached hydrogens (tertiary/aromatic N) is 2. The van der Waals surface area contributed by atoms with Gasteiger partial charge in [-0.3, -0.25) is 19.3 Å². The molecule has 2 amide bonds. The van der Waals surface area contributed by atoms with Crippen molar-refractivity contribution in [2.75, 3.05) is 35.8 Å². The quantitative estimate of drug-likeness (QED) is 0.808. The smallest absolute Gasteiger partial charge is 0.311 e. The van der Waals surface area contributed by atoms with E-state index in [1.54, 1.807) is 25.2 Å². The zero-order valence-corrected chi connectivity index (χ0v) is 15.7. The zero-order chi connectivity index (χ0) is 20.1. The second kappa shape index (κ2) is 8.39. The lowest BCUT2D eigenvalue weighted by atomic mass is 10.2. The molecular weight excluding hydrogens is 358 g/mol. The standard InChI is InChI=1S/C21H21N3O4/c1-23(16-8-4-3-5-9-16)20(26)14-24-18-11-7-6-10-17(18)22-15(12-19(24)25)13-21(27)28-2/h3-12,22H,13-14H2,1-2H3. The summed E-state index contributed by atoms with van der Waals surface area (Å²) in [6.07, 6.45) is 1.26. The number of ether oxygens (including phenoxy) is 1. The van der Waals surface area contributed by atoms with Gasteiger partial charge in [0, 0.05) is 24.5 Å². The maximum Gasteiger partial charge on any atom is 0.311 e. The lowest BCUT2D eigenvalue weighted by Gasteiger charge is -2.25. The zero-order valence-electron chi connectivity index (χ0n) is 15.7. The van der Waals surface area contributed by atoms with Gasteiger partial charge in [-0.1, -0.05) is 30.3 Å². The van der Waals surface area contributed by atoms with Gasteiger partial charge in [-0.15, -0.1) is 0 Å². The molecule has 1 heterocycles. The summed E-state index contributed by atoms with van der Waals surface area (Å²) in [5.41, 5.74) is 2.36. The van der Waals surface area contributed by atoms with Gasteiger partial charge in [0.25, 0.3) is 5.91 Å². The van der Waals surface area contributed by atoms with Crippen molar-refractivity contribution < 1.29 is 19.1 Å². The van der Waals surface area contributed by atoms with Crippen LogP contribution in [0, 0.1) is 0 Å². The molecule has 2 aromatic carbocycles. The van der Waals surface area contributed by atoms with Crippen LogP contribution in [0.15, 0.2) is 66.4 Å². The van der Waals surface area contributed by atoms with Crippen LogP contribution >= 0.6 is 0 Å². The fraction of sp³-hybridized carbons (Fsp3) is 0.190. The summed E-state index contributed by atoms with van der Waals surface area (Å²) in [7, 11) is 2.96. The number of methoxy groups -OCH3 is 1. The predicted octanol–water partition coefficient (Wildman–Crippen LogP) is 2.56. The Morgan fingerprint density at radius 1 is 1.07 bits per heavy atom. The SMILES string of the molecule is COC(=O)CC1=CC(=O)N(CC(=O)N(C)c2ccccc2)c2ccccc2N1. The molecule has 0 atom stereocenters. The number of esters is 1. The highest BCUT2D eigenvalue weighted by molar-refractivity contribution is 6.10. The Labute approximate surface area is 163 Å². The van der Waals surface area contributed by atoms with Gasteiger partial charge in [-0.25, -0.2) is 0 Å². The summed E-state index contributed by atoms with van der Waals surface area (Å²) in [6, 6.07) is 16.4. The van der Waals surface area contributed by atoms with Gasteiger partial charge in [0.05, 0.1) is 24.9 Å². The van der Waals surface area contributed by atoms with E-state index in [2.05, 4.69) is 10.1 Å². The number of nitrogens with one attached hydrogen (secondary N) is 1. The van der Waals surface area contributed by atoms with Crippen molar-refractivity contribution in [2.45, 2.75) is 6.42 Å². The van der Waals surface area contributed by atoms with Crippen LogP contribution in [0.2, 0.25) is 0 Å². The molecule has 0 saturated carbocycles. The summed E-state index contributed by atoms with van der Waals surface area (Å²) in [4.78, 5) is 40.2. The molecule has 1 aliphatic rings. The molecule has 7 nitrogen and oxygen atoms in total. The van der Waals surface area contributed by atoms with Gasteiger partial charge < -0.3 is 15.0 Å². The lowest BCUT2D eigenvalue weighted by molar-refractivity contribution is -0.139. The Morgan fingerprint density at radius 3 is 2.46 bits per heavy atom. The van der Waals surface area contributed by atoms with Crippen molar-refractivity contribution in [3.63, 3.8) is 0 Å². The third kappa shape index (κ3) is 4.20. The molecule has 144 valence electrons. The van der Waals surface area contributed by atoms with E-state index in [1.165, 1.54) is 23.0 Å². The van der Waals surface area contributed by atoms with Crippen LogP contribution in [-0.2, 0) is 19.1 Å². The molecule has 0 fully saturated rings. The van der Waals surface area contributed by atoms with Gasteiger partial charge in [-0.05, 0) is 24.3 Å². The first-order valence-electron chi connectivity index (χ1n) is 8.76. The van der Waals surface area contributed by atoms with E-state index in [-0.39, 0.29) is 24.8 Å². The van der Waals surface area contributed by atoms with Crippen molar-refractivity contribution in [1.82, 2.24) is 0 Å². The number of hydrogen-bond acceptors (Lipinski definition) is 5. The van der Waals surface area contributed by atoms with Gasteiger partial charge in [0.1, 0.15) is 6.54 Å². The maximum atomic E-state index is 12.8. The fourth-order valence-electron chi connectivity index (χ4n) is 2.89. The number of rotatable bonds is 5. The van der Waals surface area contributed by atoms with E-state index in [0.717, 1.165) is 5.69 Å². The van der Waals surface area contributed by atoms with Crippen LogP contribution in [-0.4, -0.2) is 38.5 Å². The van der Waals surface area contributed by atoms with Crippen molar-refractivity contribution in [2.24, 2.45) is 0 Å². The number of carbonyl (C=O) groups excluding carboxylic acids is 3. The molecule has 1 aliphatic heterocycles. The van der Waals surface area contributed by atoms with Crippen LogP contribution in [0.5, 0.6) is 0 Å². The van der Waals surface area contributed by atoms with E-state index < -0.39 is 5.97 Å². The normalized spacial score (nSPS) is 13.0. The van der Waals surface area contributed by atoms with E-state index in [0.29, 0.717) is 17.1 Å². The minimum absolute atomic E-state index is 0.0672. The molecule has 0 aliphatic carbocycles. The van der Waals surface area contributed by atoms with E-state index in [1.807, 2.05) is 36.4 Å². The number of para-hydroxylation sites is 3. The number of hydrogen-bond donors (Lipinski definition) is 1. The Balaban J connectivity index is 1.88. The average Bonchev–Trinajstić information content (AvgIpc) is 2.84. The largest absolute Gasteiger partial charge is 0.469 e. The maximum absolute atomic E-state index is 12.8. The van der Waals surface area contributed by atoms with Crippen molar-refractivity contribution >= 4 is 34.8 Å². The highest BCUT2D eigenvalue weighted by atomic mass is 16.5. The molecule has 0 unspecified atom stereocenters. The molecule has 3 rings (SSSR count). The first-order valence-corrected chi connectivity index (χ1v) is 8.76. The Morgan fingerprint density at radius 2 is 1.75 bits per heavy atom. The summed E-state index contributed by atoms with van der Waals surface area (Å²) in [6.45, 7) is -0.134. The second-order valence-electron chi connectivity index (χ2n) is 6.28. The minimum atomic E-state index is -0.461. The lowest BCUT2D eigenvalue weighted by Crippen LogP contribution is -2.41. The Kier molecular flexibility index (Phi) is 5.74. The van der Waals surface area contributed by atoms with E-state index in [4.69, 9.17) is 0 Å². The van der Waals surface area contributed by atoms with Crippen LogP contribution < -0.4 is 15.1 Å². The van der Waals surface area contributed by atoms with Crippen molar-refractivity contribution in [3.05, 3.63) is 66.4 Å². The molecular formula is C21H21N3O4. The van der Waals surface area contributed by atoms with Gasteiger partial charge in [-0.2, -0.15) is 0 Å². The third-order valence-corrected chi connectivity index (χ3v) is 4.43. The van der Waals surface area contributed by atoms with Gasteiger partial charge in [0.2, 0.25) is 5.91 Å². The monoisotopic (exact) mass is 379 g/mol. The molecule has 28 heavy (non-hydrogen) atoms.